The molecule has 0 radical (unpaired) electrons. The summed E-state index contributed by atoms with van der Waals surface area (Å²) in [5.74, 6) is -0.254. The average Bonchev–Trinajstić information content (AvgIpc) is 2.59. The molecule has 2 N–H and O–H groups in total. The predicted octanol–water partition coefficient (Wildman–Crippen LogP) is 4.96. The van der Waals surface area contributed by atoms with E-state index >= 15 is 0 Å². The van der Waals surface area contributed by atoms with Crippen molar-refractivity contribution in [2.24, 2.45) is 5.73 Å². The van der Waals surface area contributed by atoms with E-state index in [1.807, 2.05) is 6.07 Å². The molecule has 1 atom stereocenters. The molecule has 0 saturated heterocycles. The summed E-state index contributed by atoms with van der Waals surface area (Å²) >= 11 is 0. The van der Waals surface area contributed by atoms with Gasteiger partial charge in [-0.25, -0.2) is 0 Å². The van der Waals surface area contributed by atoms with E-state index in [0.29, 0.717) is 6.61 Å². The third-order valence-electron chi connectivity index (χ3n) is 4.65. The lowest BCUT2D eigenvalue weighted by atomic mass is 9.89. The first kappa shape index (κ1) is 17.5. The maximum absolute atomic E-state index is 11.8. The Balaban J connectivity index is 0.00000182. The standard InChI is InChI=1S/C21H19NO2.ClH/c1-2-24-19(23)12-18(22)16-10-8-15-7-6-13-4-3-5-14-9-11-17(16)21(15)20(13)14;/h3-11,18H,2,12,22H2,1H3;1H/t18-;/m0./s1. The largest absolute Gasteiger partial charge is 0.466 e. The molecular weight excluding hydrogens is 334 g/mol. The van der Waals surface area contributed by atoms with Gasteiger partial charge in [-0.2, -0.15) is 0 Å². The predicted molar refractivity (Wildman–Crippen MR) is 106 cm³/mol. The molecule has 4 heteroatoms. The van der Waals surface area contributed by atoms with Gasteiger partial charge in [-0.1, -0.05) is 54.6 Å². The Morgan fingerprint density at radius 3 is 2.24 bits per heavy atom. The van der Waals surface area contributed by atoms with E-state index in [2.05, 4.69) is 48.5 Å². The molecule has 0 spiro atoms. The van der Waals surface area contributed by atoms with Crippen molar-refractivity contribution < 1.29 is 9.53 Å². The molecule has 0 heterocycles. The van der Waals surface area contributed by atoms with E-state index < -0.39 is 0 Å². The van der Waals surface area contributed by atoms with Gasteiger partial charge in [0.05, 0.1) is 13.0 Å². The van der Waals surface area contributed by atoms with E-state index in [0.717, 1.165) is 10.9 Å². The van der Waals surface area contributed by atoms with Gasteiger partial charge in [0.1, 0.15) is 0 Å². The molecule has 0 aliphatic rings. The highest BCUT2D eigenvalue weighted by Crippen LogP contribution is 2.37. The second-order valence-corrected chi connectivity index (χ2v) is 6.13. The average molecular weight is 354 g/mol. The van der Waals surface area contributed by atoms with E-state index in [1.54, 1.807) is 6.92 Å². The molecule has 0 aliphatic carbocycles. The Kier molecular flexibility index (Phi) is 4.80. The summed E-state index contributed by atoms with van der Waals surface area (Å²) in [5, 5.41) is 7.25. The zero-order valence-electron chi connectivity index (χ0n) is 14.0. The Morgan fingerprint density at radius 2 is 1.56 bits per heavy atom. The van der Waals surface area contributed by atoms with Crippen LogP contribution in [0.15, 0.2) is 54.6 Å². The van der Waals surface area contributed by atoms with Crippen molar-refractivity contribution in [2.45, 2.75) is 19.4 Å². The monoisotopic (exact) mass is 353 g/mol. The van der Waals surface area contributed by atoms with Crippen molar-refractivity contribution in [1.82, 2.24) is 0 Å². The van der Waals surface area contributed by atoms with Gasteiger partial charge in [-0.15, -0.1) is 12.4 Å². The van der Waals surface area contributed by atoms with Crippen LogP contribution in [0.25, 0.3) is 32.3 Å². The van der Waals surface area contributed by atoms with Crippen LogP contribution in [0.1, 0.15) is 24.9 Å². The van der Waals surface area contributed by atoms with Gasteiger partial charge in [0.25, 0.3) is 0 Å². The maximum atomic E-state index is 11.8. The van der Waals surface area contributed by atoms with Crippen LogP contribution < -0.4 is 5.73 Å². The smallest absolute Gasteiger partial charge is 0.307 e. The summed E-state index contributed by atoms with van der Waals surface area (Å²) in [4.78, 5) is 11.8. The van der Waals surface area contributed by atoms with Crippen LogP contribution in [0.5, 0.6) is 0 Å². The number of hydrogen-bond acceptors (Lipinski definition) is 3. The normalized spacial score (nSPS) is 12.4. The van der Waals surface area contributed by atoms with Crippen LogP contribution in [-0.4, -0.2) is 12.6 Å². The molecule has 0 aliphatic heterocycles. The van der Waals surface area contributed by atoms with Crippen LogP contribution in [0, 0.1) is 0 Å². The lowest BCUT2D eigenvalue weighted by Gasteiger charge is -2.17. The molecular formula is C21H20ClNO2. The van der Waals surface area contributed by atoms with Crippen molar-refractivity contribution in [1.29, 1.82) is 0 Å². The lowest BCUT2D eigenvalue weighted by molar-refractivity contribution is -0.143. The highest BCUT2D eigenvalue weighted by molar-refractivity contribution is 6.23. The Bertz CT molecular complexity index is 1030. The fourth-order valence-corrected chi connectivity index (χ4v) is 3.59. The number of carbonyl (C=O) groups is 1. The minimum Gasteiger partial charge on any atom is -0.466 e. The van der Waals surface area contributed by atoms with Crippen LogP contribution in [0.3, 0.4) is 0 Å². The highest BCUT2D eigenvalue weighted by atomic mass is 35.5. The molecule has 0 unspecified atom stereocenters. The summed E-state index contributed by atoms with van der Waals surface area (Å²) < 4.78 is 5.04. The zero-order chi connectivity index (χ0) is 16.7. The number of rotatable bonds is 4. The van der Waals surface area contributed by atoms with E-state index in [9.17, 15) is 4.79 Å². The number of esters is 1. The molecule has 3 nitrogen and oxygen atoms in total. The van der Waals surface area contributed by atoms with Crippen molar-refractivity contribution in [3.05, 3.63) is 60.2 Å². The minimum atomic E-state index is -0.367. The minimum absolute atomic E-state index is 0. The molecule has 4 aromatic rings. The molecule has 0 aromatic heterocycles. The van der Waals surface area contributed by atoms with Crippen molar-refractivity contribution in [3.8, 4) is 0 Å². The fraction of sp³-hybridized carbons (Fsp3) is 0.190. The highest BCUT2D eigenvalue weighted by Gasteiger charge is 2.17. The zero-order valence-corrected chi connectivity index (χ0v) is 14.8. The van der Waals surface area contributed by atoms with Gasteiger partial charge in [0.15, 0.2) is 0 Å². The van der Waals surface area contributed by atoms with Crippen LogP contribution in [0.2, 0.25) is 0 Å². The summed E-state index contributed by atoms with van der Waals surface area (Å²) in [6, 6.07) is 18.6. The van der Waals surface area contributed by atoms with Gasteiger partial charge in [0.2, 0.25) is 0 Å². The molecule has 0 saturated carbocycles. The van der Waals surface area contributed by atoms with E-state index in [4.69, 9.17) is 10.5 Å². The summed E-state index contributed by atoms with van der Waals surface area (Å²) in [5.41, 5.74) is 7.32. The maximum Gasteiger partial charge on any atom is 0.307 e. The van der Waals surface area contributed by atoms with Gasteiger partial charge in [0, 0.05) is 6.04 Å². The lowest BCUT2D eigenvalue weighted by Crippen LogP contribution is -2.17. The van der Waals surface area contributed by atoms with Gasteiger partial charge in [-0.05, 0) is 44.8 Å². The molecule has 0 fully saturated rings. The second-order valence-electron chi connectivity index (χ2n) is 6.13. The van der Waals surface area contributed by atoms with Crippen molar-refractivity contribution >= 4 is 50.7 Å². The molecule has 0 bridgehead atoms. The van der Waals surface area contributed by atoms with Gasteiger partial charge >= 0.3 is 5.97 Å². The summed E-state index contributed by atoms with van der Waals surface area (Å²) in [6.07, 6.45) is 0.192. The number of benzene rings is 4. The Morgan fingerprint density at radius 1 is 0.960 bits per heavy atom. The number of halogens is 1. The molecule has 4 aromatic carbocycles. The number of hydrogen-bond donors (Lipinski definition) is 1. The quantitative estimate of drug-likeness (QED) is 0.417. The van der Waals surface area contributed by atoms with Crippen LogP contribution in [-0.2, 0) is 9.53 Å². The second kappa shape index (κ2) is 6.87. The SMILES string of the molecule is CCOC(=O)C[C@H](N)c1ccc2ccc3cccc4ccc1c2c34.Cl. The number of ether oxygens (including phenoxy) is 1. The summed E-state index contributed by atoms with van der Waals surface area (Å²) in [7, 11) is 0. The first-order chi connectivity index (χ1) is 11.7. The van der Waals surface area contributed by atoms with Crippen LogP contribution in [0.4, 0.5) is 0 Å². The van der Waals surface area contributed by atoms with Crippen LogP contribution >= 0.6 is 12.4 Å². The summed E-state index contributed by atoms with van der Waals surface area (Å²) in [6.45, 7) is 2.18. The Hall–Kier alpha value is -2.36. The van der Waals surface area contributed by atoms with Gasteiger partial charge in [-0.3, -0.25) is 4.79 Å². The Labute approximate surface area is 152 Å². The molecule has 4 rings (SSSR count). The first-order valence-electron chi connectivity index (χ1n) is 8.26. The number of nitrogens with two attached hydrogens (primary N) is 1. The third kappa shape index (κ3) is 2.90. The third-order valence-corrected chi connectivity index (χ3v) is 4.65. The topological polar surface area (TPSA) is 52.3 Å². The number of carbonyl (C=O) groups excluding carboxylic acids is 1. The molecule has 0 amide bonds. The first-order valence-corrected chi connectivity index (χ1v) is 8.26. The van der Waals surface area contributed by atoms with Crippen molar-refractivity contribution in [2.75, 3.05) is 6.61 Å². The van der Waals surface area contributed by atoms with E-state index in [-0.39, 0.29) is 30.8 Å². The molecule has 128 valence electrons. The van der Waals surface area contributed by atoms with Gasteiger partial charge < -0.3 is 10.5 Å². The fourth-order valence-electron chi connectivity index (χ4n) is 3.59. The van der Waals surface area contributed by atoms with Crippen molar-refractivity contribution in [3.63, 3.8) is 0 Å². The van der Waals surface area contributed by atoms with E-state index in [1.165, 1.54) is 26.9 Å². The molecule has 25 heavy (non-hydrogen) atoms.